The van der Waals surface area contributed by atoms with Gasteiger partial charge in [-0.15, -0.1) is 0 Å². The third-order valence-electron chi connectivity index (χ3n) is 2.89. The highest BCUT2D eigenvalue weighted by Gasteiger charge is 2.09. The Balaban J connectivity index is 2.03. The van der Waals surface area contributed by atoms with E-state index in [4.69, 9.17) is 0 Å². The number of benzene rings is 1. The van der Waals surface area contributed by atoms with Gasteiger partial charge in [0.25, 0.3) is 0 Å². The number of hydrogen-bond acceptors (Lipinski definition) is 3. The van der Waals surface area contributed by atoms with Crippen LogP contribution < -0.4 is 5.32 Å². The highest BCUT2D eigenvalue weighted by atomic mass is 15.3. The molecule has 0 aliphatic carbocycles. The molecule has 0 fully saturated rings. The number of nitrogens with zero attached hydrogens (tertiary/aromatic N) is 3. The van der Waals surface area contributed by atoms with Gasteiger partial charge in [0.1, 0.15) is 5.82 Å². The first-order valence-corrected chi connectivity index (χ1v) is 6.26. The number of nitrogens with one attached hydrogen (secondary N) is 1. The lowest BCUT2D eigenvalue weighted by molar-refractivity contribution is 0.687. The molecule has 0 saturated carbocycles. The monoisotopic (exact) mass is 244 g/mol. The highest BCUT2D eigenvalue weighted by molar-refractivity contribution is 5.44. The quantitative estimate of drug-likeness (QED) is 0.899. The molecule has 0 radical (unpaired) electrons. The summed E-state index contributed by atoms with van der Waals surface area (Å²) in [6.45, 7) is 6.99. The van der Waals surface area contributed by atoms with Crippen LogP contribution in [0.2, 0.25) is 0 Å². The second kappa shape index (κ2) is 5.21. The molecule has 0 unspecified atom stereocenters. The number of anilines is 1. The van der Waals surface area contributed by atoms with Crippen molar-refractivity contribution in [1.29, 1.82) is 0 Å². The molecule has 0 bridgehead atoms. The first-order chi connectivity index (χ1) is 8.56. The van der Waals surface area contributed by atoms with E-state index in [1.54, 1.807) is 0 Å². The number of rotatable bonds is 4. The van der Waals surface area contributed by atoms with Crippen molar-refractivity contribution >= 4 is 5.69 Å². The molecule has 0 spiro atoms. The van der Waals surface area contributed by atoms with E-state index in [1.807, 2.05) is 11.7 Å². The molecule has 0 saturated heterocycles. The fourth-order valence-electron chi connectivity index (χ4n) is 1.69. The van der Waals surface area contributed by atoms with Gasteiger partial charge < -0.3 is 5.32 Å². The molecule has 4 nitrogen and oxygen atoms in total. The fourth-order valence-corrected chi connectivity index (χ4v) is 1.69. The van der Waals surface area contributed by atoms with Gasteiger partial charge in [-0.25, -0.2) is 4.98 Å². The Bertz CT molecular complexity index is 511. The molecule has 0 aliphatic heterocycles. The summed E-state index contributed by atoms with van der Waals surface area (Å²) < 4.78 is 1.84. The van der Waals surface area contributed by atoms with Crippen molar-refractivity contribution in [2.24, 2.45) is 7.05 Å². The zero-order valence-corrected chi connectivity index (χ0v) is 11.4. The predicted octanol–water partition coefficient (Wildman–Crippen LogP) is 2.86. The van der Waals surface area contributed by atoms with Crippen LogP contribution in [-0.2, 0) is 13.6 Å². The SMILES string of the molecule is Cc1ccc(NCc2nc(C(C)C)nn2C)cc1. The van der Waals surface area contributed by atoms with E-state index in [2.05, 4.69) is 60.4 Å². The second-order valence-corrected chi connectivity index (χ2v) is 4.88. The number of hydrogen-bond donors (Lipinski definition) is 1. The highest BCUT2D eigenvalue weighted by Crippen LogP contribution is 2.12. The Morgan fingerprint density at radius 1 is 1.22 bits per heavy atom. The Kier molecular flexibility index (Phi) is 3.65. The minimum Gasteiger partial charge on any atom is -0.378 e. The third kappa shape index (κ3) is 2.88. The van der Waals surface area contributed by atoms with Gasteiger partial charge in [-0.2, -0.15) is 5.10 Å². The van der Waals surface area contributed by atoms with Crippen molar-refractivity contribution in [2.75, 3.05) is 5.32 Å². The second-order valence-electron chi connectivity index (χ2n) is 4.88. The van der Waals surface area contributed by atoms with Crippen LogP contribution in [-0.4, -0.2) is 14.8 Å². The normalized spacial score (nSPS) is 10.9. The summed E-state index contributed by atoms with van der Waals surface area (Å²) in [6.07, 6.45) is 0. The summed E-state index contributed by atoms with van der Waals surface area (Å²) in [4.78, 5) is 4.53. The molecule has 96 valence electrons. The maximum atomic E-state index is 4.53. The van der Waals surface area contributed by atoms with Crippen LogP contribution in [0.1, 0.15) is 37.0 Å². The lowest BCUT2D eigenvalue weighted by Crippen LogP contribution is -2.06. The van der Waals surface area contributed by atoms with Gasteiger partial charge in [0.15, 0.2) is 5.82 Å². The molecule has 2 rings (SSSR count). The Hall–Kier alpha value is -1.84. The van der Waals surface area contributed by atoms with Crippen molar-refractivity contribution < 1.29 is 0 Å². The molecule has 18 heavy (non-hydrogen) atoms. The molecule has 4 heteroatoms. The van der Waals surface area contributed by atoms with E-state index < -0.39 is 0 Å². The average molecular weight is 244 g/mol. The summed E-state index contributed by atoms with van der Waals surface area (Å²) >= 11 is 0. The molecule has 1 aromatic carbocycles. The number of aryl methyl sites for hydroxylation is 2. The fraction of sp³-hybridized carbons (Fsp3) is 0.429. The summed E-state index contributed by atoms with van der Waals surface area (Å²) in [6, 6.07) is 8.35. The van der Waals surface area contributed by atoms with Crippen molar-refractivity contribution in [3.63, 3.8) is 0 Å². The van der Waals surface area contributed by atoms with Crippen LogP contribution in [0.15, 0.2) is 24.3 Å². The minimum atomic E-state index is 0.365. The largest absolute Gasteiger partial charge is 0.378 e. The lowest BCUT2D eigenvalue weighted by atomic mass is 10.2. The summed E-state index contributed by atoms with van der Waals surface area (Å²) in [5, 5.41) is 7.76. The summed E-state index contributed by atoms with van der Waals surface area (Å²) in [7, 11) is 1.94. The molecule has 1 aromatic heterocycles. The Morgan fingerprint density at radius 3 is 2.44 bits per heavy atom. The van der Waals surface area contributed by atoms with Crippen molar-refractivity contribution in [2.45, 2.75) is 33.2 Å². The minimum absolute atomic E-state index is 0.365. The van der Waals surface area contributed by atoms with Gasteiger partial charge in [-0.3, -0.25) is 4.68 Å². The Morgan fingerprint density at radius 2 is 1.89 bits per heavy atom. The van der Waals surface area contributed by atoms with Crippen LogP contribution in [0.3, 0.4) is 0 Å². The van der Waals surface area contributed by atoms with Crippen LogP contribution in [0.25, 0.3) is 0 Å². The zero-order valence-electron chi connectivity index (χ0n) is 11.4. The van der Waals surface area contributed by atoms with E-state index in [1.165, 1.54) is 5.56 Å². The molecule has 1 heterocycles. The third-order valence-corrected chi connectivity index (χ3v) is 2.89. The molecule has 0 amide bonds. The summed E-state index contributed by atoms with van der Waals surface area (Å²) in [5.74, 6) is 2.22. The molecule has 1 N–H and O–H groups in total. The zero-order chi connectivity index (χ0) is 13.1. The van der Waals surface area contributed by atoms with E-state index >= 15 is 0 Å². The smallest absolute Gasteiger partial charge is 0.153 e. The standard InChI is InChI=1S/C14H20N4/c1-10(2)14-16-13(18(4)17-14)9-15-12-7-5-11(3)6-8-12/h5-8,10,15H,9H2,1-4H3. The first kappa shape index (κ1) is 12.6. The van der Waals surface area contributed by atoms with Gasteiger partial charge >= 0.3 is 0 Å². The van der Waals surface area contributed by atoms with E-state index in [0.717, 1.165) is 17.3 Å². The van der Waals surface area contributed by atoms with E-state index in [0.29, 0.717) is 12.5 Å². The number of aromatic nitrogens is 3. The Labute approximate surface area is 108 Å². The van der Waals surface area contributed by atoms with Gasteiger partial charge in [-0.1, -0.05) is 31.5 Å². The summed E-state index contributed by atoms with van der Waals surface area (Å²) in [5.41, 5.74) is 2.37. The van der Waals surface area contributed by atoms with Crippen molar-refractivity contribution in [3.8, 4) is 0 Å². The molecule has 0 atom stereocenters. The van der Waals surface area contributed by atoms with Gasteiger partial charge in [0.2, 0.25) is 0 Å². The molecule has 0 aliphatic rings. The van der Waals surface area contributed by atoms with Gasteiger partial charge in [-0.05, 0) is 19.1 Å². The van der Waals surface area contributed by atoms with Crippen molar-refractivity contribution in [1.82, 2.24) is 14.8 Å². The van der Waals surface area contributed by atoms with E-state index in [9.17, 15) is 0 Å². The van der Waals surface area contributed by atoms with Gasteiger partial charge in [0.05, 0.1) is 6.54 Å². The predicted molar refractivity (Wildman–Crippen MR) is 73.6 cm³/mol. The van der Waals surface area contributed by atoms with Crippen LogP contribution in [0.5, 0.6) is 0 Å². The average Bonchev–Trinajstić information content (AvgIpc) is 2.70. The maximum absolute atomic E-state index is 4.53. The molecular weight excluding hydrogens is 224 g/mol. The van der Waals surface area contributed by atoms with Gasteiger partial charge in [0, 0.05) is 18.7 Å². The first-order valence-electron chi connectivity index (χ1n) is 6.26. The molecule has 2 aromatic rings. The van der Waals surface area contributed by atoms with Crippen LogP contribution in [0, 0.1) is 6.92 Å². The van der Waals surface area contributed by atoms with Crippen LogP contribution >= 0.6 is 0 Å². The lowest BCUT2D eigenvalue weighted by Gasteiger charge is -2.05. The van der Waals surface area contributed by atoms with Crippen molar-refractivity contribution in [3.05, 3.63) is 41.5 Å². The maximum Gasteiger partial charge on any atom is 0.153 e. The topological polar surface area (TPSA) is 42.7 Å². The van der Waals surface area contributed by atoms with E-state index in [-0.39, 0.29) is 0 Å². The molecular formula is C14H20N4. The van der Waals surface area contributed by atoms with Crippen LogP contribution in [0.4, 0.5) is 5.69 Å².